The monoisotopic (exact) mass is 414 g/mol. The molecule has 1 aromatic carbocycles. The minimum Gasteiger partial charge on any atom is -0.451 e. The van der Waals surface area contributed by atoms with Gasteiger partial charge in [-0.15, -0.1) is 0 Å². The zero-order valence-corrected chi connectivity index (χ0v) is 16.6. The summed E-state index contributed by atoms with van der Waals surface area (Å²) in [6.45, 7) is 3.69. The second-order valence-corrected chi connectivity index (χ2v) is 7.10. The number of aromatic nitrogens is 3. The van der Waals surface area contributed by atoms with Crippen LogP contribution >= 0.6 is 11.6 Å². The summed E-state index contributed by atoms with van der Waals surface area (Å²) in [7, 11) is 0. The van der Waals surface area contributed by atoms with Gasteiger partial charge in [0, 0.05) is 18.1 Å². The summed E-state index contributed by atoms with van der Waals surface area (Å²) in [6, 6.07) is 9.85. The molecular weight excluding hydrogens is 396 g/mol. The van der Waals surface area contributed by atoms with E-state index in [0.29, 0.717) is 23.0 Å². The summed E-state index contributed by atoms with van der Waals surface area (Å²) in [4.78, 5) is 41.2. The van der Waals surface area contributed by atoms with Gasteiger partial charge in [0.2, 0.25) is 0 Å². The van der Waals surface area contributed by atoms with Gasteiger partial charge in [-0.3, -0.25) is 9.59 Å². The molecule has 3 aromatic rings. The maximum absolute atomic E-state index is 12.6. The van der Waals surface area contributed by atoms with Crippen molar-refractivity contribution in [2.75, 3.05) is 11.9 Å². The first kappa shape index (κ1) is 20.5. The second-order valence-electron chi connectivity index (χ2n) is 6.74. The Balaban J connectivity index is 1.81. The fourth-order valence-corrected chi connectivity index (χ4v) is 2.89. The molecule has 2 heterocycles. The van der Waals surface area contributed by atoms with Gasteiger partial charge in [-0.2, -0.15) is 5.10 Å². The van der Waals surface area contributed by atoms with Crippen molar-refractivity contribution in [3.05, 3.63) is 63.8 Å². The molecule has 0 spiro atoms. The molecular formula is C20H19ClN4O4. The van der Waals surface area contributed by atoms with Crippen LogP contribution in [0, 0.1) is 5.92 Å². The van der Waals surface area contributed by atoms with Gasteiger partial charge in [0.15, 0.2) is 17.5 Å². The molecule has 0 aliphatic carbocycles. The number of nitrogens with zero attached hydrogens (tertiary/aromatic N) is 3. The van der Waals surface area contributed by atoms with Gasteiger partial charge in [0.25, 0.3) is 11.5 Å². The van der Waals surface area contributed by atoms with Gasteiger partial charge in [0.05, 0.1) is 11.1 Å². The van der Waals surface area contributed by atoms with Crippen LogP contribution in [0.3, 0.4) is 0 Å². The Morgan fingerprint density at radius 3 is 2.59 bits per heavy atom. The van der Waals surface area contributed by atoms with Crippen molar-refractivity contribution in [1.82, 2.24) is 14.8 Å². The first-order chi connectivity index (χ1) is 13.9. The number of hydrogen-bond acceptors (Lipinski definition) is 6. The molecule has 8 nitrogen and oxygen atoms in total. The molecule has 0 atom stereocenters. The summed E-state index contributed by atoms with van der Waals surface area (Å²) in [5.41, 5.74) is 0.00662. The quantitative estimate of drug-likeness (QED) is 0.491. The Hall–Kier alpha value is -3.26. The third-order valence-corrected chi connectivity index (χ3v) is 4.27. The van der Waals surface area contributed by atoms with Crippen molar-refractivity contribution in [2.45, 2.75) is 20.4 Å². The van der Waals surface area contributed by atoms with Gasteiger partial charge < -0.3 is 10.1 Å². The number of anilines is 1. The number of ether oxygens (including phenoxy) is 1. The highest BCUT2D eigenvalue weighted by atomic mass is 35.5. The summed E-state index contributed by atoms with van der Waals surface area (Å²) >= 11 is 5.89. The number of esters is 1. The lowest BCUT2D eigenvalue weighted by molar-refractivity contribution is -0.119. The number of rotatable bonds is 6. The molecule has 1 amide bonds. The Kier molecular flexibility index (Phi) is 6.23. The molecule has 3 rings (SSSR count). The van der Waals surface area contributed by atoms with Crippen LogP contribution in [-0.2, 0) is 16.1 Å². The molecule has 29 heavy (non-hydrogen) atoms. The largest absolute Gasteiger partial charge is 0.451 e. The van der Waals surface area contributed by atoms with Crippen molar-refractivity contribution in [3.63, 3.8) is 0 Å². The molecule has 0 saturated carbocycles. The lowest BCUT2D eigenvalue weighted by Gasteiger charge is -2.12. The average Bonchev–Trinajstić information content (AvgIpc) is 2.70. The van der Waals surface area contributed by atoms with Crippen LogP contribution in [0.1, 0.15) is 24.3 Å². The highest BCUT2D eigenvalue weighted by Gasteiger charge is 2.19. The van der Waals surface area contributed by atoms with E-state index in [4.69, 9.17) is 16.3 Å². The smallest absolute Gasteiger partial charge is 0.359 e. The fraction of sp³-hybridized carbons (Fsp3) is 0.250. The summed E-state index contributed by atoms with van der Waals surface area (Å²) in [5.74, 6) is -1.22. The fourth-order valence-electron chi connectivity index (χ4n) is 2.72. The molecule has 0 bridgehead atoms. The van der Waals surface area contributed by atoms with E-state index in [9.17, 15) is 14.4 Å². The van der Waals surface area contributed by atoms with Crippen LogP contribution in [0.5, 0.6) is 0 Å². The van der Waals surface area contributed by atoms with Crippen LogP contribution in [-0.4, -0.2) is 33.2 Å². The number of nitrogens with one attached hydrogen (secondary N) is 1. The normalized spacial score (nSPS) is 10.9. The zero-order chi connectivity index (χ0) is 21.0. The van der Waals surface area contributed by atoms with Gasteiger partial charge >= 0.3 is 5.97 Å². The minimum atomic E-state index is -0.800. The number of hydrogen-bond donors (Lipinski definition) is 1. The zero-order valence-electron chi connectivity index (χ0n) is 15.9. The van der Waals surface area contributed by atoms with Crippen LogP contribution in [0.25, 0.3) is 10.8 Å². The summed E-state index contributed by atoms with van der Waals surface area (Å²) in [5, 5.41) is 7.56. The number of amides is 1. The summed E-state index contributed by atoms with van der Waals surface area (Å²) < 4.78 is 6.37. The number of carbonyl (C=O) groups is 2. The Morgan fingerprint density at radius 2 is 1.90 bits per heavy atom. The van der Waals surface area contributed by atoms with E-state index in [2.05, 4.69) is 15.4 Å². The molecule has 0 saturated heterocycles. The third kappa shape index (κ3) is 4.78. The molecule has 0 radical (unpaired) electrons. The maximum Gasteiger partial charge on any atom is 0.359 e. The lowest BCUT2D eigenvalue weighted by atomic mass is 10.1. The number of halogens is 1. The number of benzene rings is 1. The van der Waals surface area contributed by atoms with Crippen molar-refractivity contribution in [1.29, 1.82) is 0 Å². The highest BCUT2D eigenvalue weighted by molar-refractivity contribution is 6.32. The molecule has 9 heteroatoms. The number of pyridine rings is 1. The molecule has 150 valence electrons. The molecule has 0 aliphatic heterocycles. The Labute approximate surface area is 171 Å². The van der Waals surface area contributed by atoms with Gasteiger partial charge in [0.1, 0.15) is 0 Å². The molecule has 0 aliphatic rings. The molecule has 2 aromatic heterocycles. The second kappa shape index (κ2) is 8.83. The first-order valence-electron chi connectivity index (χ1n) is 8.94. The maximum atomic E-state index is 12.6. The van der Waals surface area contributed by atoms with Gasteiger partial charge in [-0.25, -0.2) is 14.5 Å². The average molecular weight is 415 g/mol. The van der Waals surface area contributed by atoms with E-state index < -0.39 is 18.5 Å². The minimum absolute atomic E-state index is 0.0203. The van der Waals surface area contributed by atoms with E-state index >= 15 is 0 Å². The Bertz CT molecular complexity index is 1130. The van der Waals surface area contributed by atoms with Crippen molar-refractivity contribution < 1.29 is 14.3 Å². The lowest BCUT2D eigenvalue weighted by Crippen LogP contribution is -2.29. The molecule has 0 unspecified atom stereocenters. The van der Waals surface area contributed by atoms with E-state index in [1.807, 2.05) is 13.8 Å². The highest BCUT2D eigenvalue weighted by Crippen LogP contribution is 2.18. The standard InChI is InChI=1S/C20H19ClN4O4/c1-12(2)10-25-19(27)14-7-4-3-6-13(14)17(24-25)20(28)29-11-16(26)23-15-8-5-9-22-18(15)21/h3-9,12H,10-11H2,1-2H3,(H,23,26). The predicted molar refractivity (Wildman–Crippen MR) is 109 cm³/mol. The number of fused-ring (bicyclic) bond motifs is 1. The van der Waals surface area contributed by atoms with Crippen LogP contribution in [0.15, 0.2) is 47.4 Å². The Morgan fingerprint density at radius 1 is 1.17 bits per heavy atom. The van der Waals surface area contributed by atoms with E-state index in [0.717, 1.165) is 0 Å². The van der Waals surface area contributed by atoms with Crippen molar-refractivity contribution in [3.8, 4) is 0 Å². The van der Waals surface area contributed by atoms with Crippen LogP contribution < -0.4 is 10.9 Å². The van der Waals surface area contributed by atoms with E-state index in [1.54, 1.807) is 36.4 Å². The summed E-state index contributed by atoms with van der Waals surface area (Å²) in [6.07, 6.45) is 1.49. The predicted octanol–water partition coefficient (Wildman–Crippen LogP) is 2.90. The van der Waals surface area contributed by atoms with Crippen LogP contribution in [0.4, 0.5) is 5.69 Å². The number of carbonyl (C=O) groups excluding carboxylic acids is 2. The van der Waals surface area contributed by atoms with Gasteiger partial charge in [-0.05, 0) is 24.1 Å². The third-order valence-electron chi connectivity index (χ3n) is 3.97. The van der Waals surface area contributed by atoms with Crippen molar-refractivity contribution in [2.24, 2.45) is 5.92 Å². The molecule has 1 N–H and O–H groups in total. The SMILES string of the molecule is CC(C)Cn1nc(C(=O)OCC(=O)Nc2cccnc2Cl)c2ccccc2c1=O. The van der Waals surface area contributed by atoms with E-state index in [1.165, 1.54) is 10.9 Å². The van der Waals surface area contributed by atoms with E-state index in [-0.39, 0.29) is 22.3 Å². The van der Waals surface area contributed by atoms with Gasteiger partial charge in [-0.1, -0.05) is 43.6 Å². The topological polar surface area (TPSA) is 103 Å². The molecule has 0 fully saturated rings. The van der Waals surface area contributed by atoms with Crippen molar-refractivity contribution >= 4 is 39.9 Å². The first-order valence-corrected chi connectivity index (χ1v) is 9.32. The van der Waals surface area contributed by atoms with Crippen LogP contribution in [0.2, 0.25) is 5.15 Å².